The molecule has 1 aliphatic carbocycles. The molecule has 0 radical (unpaired) electrons. The molecule has 2 rings (SSSR count). The number of halogens is 1. The van der Waals surface area contributed by atoms with Crippen molar-refractivity contribution < 1.29 is 0 Å². The quantitative estimate of drug-likeness (QED) is 0.506. The molecule has 0 aromatic heterocycles. The molecule has 19 heavy (non-hydrogen) atoms. The Morgan fingerprint density at radius 2 is 1.84 bits per heavy atom. The highest BCUT2D eigenvalue weighted by molar-refractivity contribution is 6.30. The van der Waals surface area contributed by atoms with E-state index in [2.05, 4.69) is 18.4 Å². The van der Waals surface area contributed by atoms with E-state index in [1.54, 1.807) is 0 Å². The molecule has 0 N–H and O–H groups in total. The highest BCUT2D eigenvalue weighted by atomic mass is 35.5. The summed E-state index contributed by atoms with van der Waals surface area (Å²) in [7, 11) is 0. The van der Waals surface area contributed by atoms with Crippen LogP contribution in [0.5, 0.6) is 0 Å². The number of allylic oxidation sites excluding steroid dienone is 1. The molecule has 1 fully saturated rings. The predicted octanol–water partition coefficient (Wildman–Crippen LogP) is 5.46. The van der Waals surface area contributed by atoms with Crippen LogP contribution < -0.4 is 0 Å². The summed E-state index contributed by atoms with van der Waals surface area (Å²) in [4.78, 5) is 0. The fourth-order valence-corrected chi connectivity index (χ4v) is 2.79. The Hall–Kier alpha value is -1.19. The minimum absolute atomic E-state index is 0.579. The number of hydrogen-bond acceptors (Lipinski definition) is 0. The number of benzene rings is 1. The van der Waals surface area contributed by atoms with Gasteiger partial charge in [-0.25, -0.2) is 0 Å². The number of hydrogen-bond donors (Lipinski definition) is 0. The third kappa shape index (κ3) is 4.77. The molecule has 0 amide bonds. The Morgan fingerprint density at radius 1 is 1.16 bits per heavy atom. The Labute approximate surface area is 121 Å². The minimum Gasteiger partial charge on any atom is -0.103 e. The maximum Gasteiger partial charge on any atom is 0.0406 e. The highest BCUT2D eigenvalue weighted by Crippen LogP contribution is 2.31. The first-order valence-corrected chi connectivity index (χ1v) is 7.53. The molecule has 0 unspecified atom stereocenters. The lowest BCUT2D eigenvalue weighted by Crippen LogP contribution is -2.13. The molecule has 0 atom stereocenters. The second-order valence-electron chi connectivity index (χ2n) is 5.36. The van der Waals surface area contributed by atoms with Gasteiger partial charge in [0.1, 0.15) is 0 Å². The van der Waals surface area contributed by atoms with E-state index in [1.165, 1.54) is 32.1 Å². The van der Waals surface area contributed by atoms with Gasteiger partial charge in [0.15, 0.2) is 0 Å². The Bertz CT molecular complexity index is 453. The van der Waals surface area contributed by atoms with Gasteiger partial charge in [-0.3, -0.25) is 0 Å². The first-order chi connectivity index (χ1) is 9.28. The first-order valence-electron chi connectivity index (χ1n) is 7.16. The predicted molar refractivity (Wildman–Crippen MR) is 83.2 cm³/mol. The second kappa shape index (κ2) is 7.41. The van der Waals surface area contributed by atoms with E-state index in [0.29, 0.717) is 5.92 Å². The molecule has 1 aromatic rings. The zero-order chi connectivity index (χ0) is 13.5. The number of rotatable bonds is 3. The average Bonchev–Trinajstić information content (AvgIpc) is 2.46. The summed E-state index contributed by atoms with van der Waals surface area (Å²) >= 11 is 5.86. The molecule has 1 heteroatoms. The van der Waals surface area contributed by atoms with Gasteiger partial charge in [0.05, 0.1) is 0 Å². The maximum atomic E-state index is 5.86. The van der Waals surface area contributed by atoms with Gasteiger partial charge >= 0.3 is 0 Å². The van der Waals surface area contributed by atoms with E-state index in [-0.39, 0.29) is 0 Å². The SMILES string of the molecule is C=CCC[C@H]1CC[C@H](C#Cc2ccc(Cl)cc2)CC1. The van der Waals surface area contributed by atoms with Crippen molar-refractivity contribution in [2.75, 3.05) is 0 Å². The summed E-state index contributed by atoms with van der Waals surface area (Å²) < 4.78 is 0. The molecule has 0 spiro atoms. The van der Waals surface area contributed by atoms with Crippen molar-refractivity contribution >= 4 is 11.6 Å². The zero-order valence-corrected chi connectivity index (χ0v) is 12.1. The van der Waals surface area contributed by atoms with Crippen LogP contribution in [0.3, 0.4) is 0 Å². The molecular formula is C18H21Cl. The molecule has 100 valence electrons. The lowest BCUT2D eigenvalue weighted by atomic mass is 9.80. The molecule has 0 bridgehead atoms. The normalized spacial score (nSPS) is 22.4. The van der Waals surface area contributed by atoms with E-state index in [1.807, 2.05) is 30.3 Å². The van der Waals surface area contributed by atoms with Gasteiger partial charge in [-0.05, 0) is 68.7 Å². The van der Waals surface area contributed by atoms with E-state index in [9.17, 15) is 0 Å². The van der Waals surface area contributed by atoms with Gasteiger partial charge in [-0.15, -0.1) is 6.58 Å². The molecule has 1 aromatic carbocycles. The first kappa shape index (κ1) is 14.2. The van der Waals surface area contributed by atoms with Crippen LogP contribution in [0.25, 0.3) is 0 Å². The van der Waals surface area contributed by atoms with E-state index < -0.39 is 0 Å². The Morgan fingerprint density at radius 3 is 2.47 bits per heavy atom. The van der Waals surface area contributed by atoms with Crippen LogP contribution in [0.15, 0.2) is 36.9 Å². The summed E-state index contributed by atoms with van der Waals surface area (Å²) in [6.45, 7) is 3.80. The van der Waals surface area contributed by atoms with Gasteiger partial charge < -0.3 is 0 Å². The van der Waals surface area contributed by atoms with Gasteiger partial charge in [0.2, 0.25) is 0 Å². The maximum absolute atomic E-state index is 5.86. The third-order valence-electron chi connectivity index (χ3n) is 3.89. The van der Waals surface area contributed by atoms with Crippen LogP contribution in [0.1, 0.15) is 44.1 Å². The van der Waals surface area contributed by atoms with E-state index in [4.69, 9.17) is 11.6 Å². The van der Waals surface area contributed by atoms with Crippen LogP contribution >= 0.6 is 11.6 Å². The van der Waals surface area contributed by atoms with Crippen molar-refractivity contribution in [3.05, 3.63) is 47.5 Å². The molecule has 0 saturated heterocycles. The minimum atomic E-state index is 0.579. The third-order valence-corrected chi connectivity index (χ3v) is 4.14. The van der Waals surface area contributed by atoms with Crippen LogP contribution in [0, 0.1) is 23.7 Å². The van der Waals surface area contributed by atoms with Crippen LogP contribution in [-0.2, 0) is 0 Å². The largest absolute Gasteiger partial charge is 0.103 e. The lowest BCUT2D eigenvalue weighted by molar-refractivity contribution is 0.303. The Kier molecular flexibility index (Phi) is 5.55. The summed E-state index contributed by atoms with van der Waals surface area (Å²) in [5, 5.41) is 0.772. The van der Waals surface area contributed by atoms with Crippen molar-refractivity contribution in [1.82, 2.24) is 0 Å². The van der Waals surface area contributed by atoms with Crippen molar-refractivity contribution in [3.63, 3.8) is 0 Å². The summed E-state index contributed by atoms with van der Waals surface area (Å²) in [5.74, 6) is 8.17. The summed E-state index contributed by atoms with van der Waals surface area (Å²) in [6.07, 6.45) is 9.66. The Balaban J connectivity index is 1.82. The average molecular weight is 273 g/mol. The lowest BCUT2D eigenvalue weighted by Gasteiger charge is -2.25. The molecular weight excluding hydrogens is 252 g/mol. The molecule has 0 aliphatic heterocycles. The van der Waals surface area contributed by atoms with Gasteiger partial charge in [-0.1, -0.05) is 29.5 Å². The van der Waals surface area contributed by atoms with Crippen LogP contribution in [-0.4, -0.2) is 0 Å². The van der Waals surface area contributed by atoms with Crippen LogP contribution in [0.4, 0.5) is 0 Å². The fraction of sp³-hybridized carbons (Fsp3) is 0.444. The summed E-state index contributed by atoms with van der Waals surface area (Å²) in [6, 6.07) is 7.78. The van der Waals surface area contributed by atoms with Gasteiger partial charge in [0, 0.05) is 16.5 Å². The van der Waals surface area contributed by atoms with E-state index >= 15 is 0 Å². The topological polar surface area (TPSA) is 0 Å². The summed E-state index contributed by atoms with van der Waals surface area (Å²) in [5.41, 5.74) is 1.07. The monoisotopic (exact) mass is 272 g/mol. The van der Waals surface area contributed by atoms with E-state index in [0.717, 1.165) is 22.9 Å². The highest BCUT2D eigenvalue weighted by Gasteiger charge is 2.18. The van der Waals surface area contributed by atoms with Gasteiger partial charge in [-0.2, -0.15) is 0 Å². The smallest absolute Gasteiger partial charge is 0.0406 e. The van der Waals surface area contributed by atoms with Crippen molar-refractivity contribution in [3.8, 4) is 11.8 Å². The molecule has 1 aliphatic rings. The van der Waals surface area contributed by atoms with Crippen molar-refractivity contribution in [2.24, 2.45) is 11.8 Å². The van der Waals surface area contributed by atoms with Crippen molar-refractivity contribution in [1.29, 1.82) is 0 Å². The van der Waals surface area contributed by atoms with Gasteiger partial charge in [0.25, 0.3) is 0 Å². The standard InChI is InChI=1S/C18H21Cl/c1-2-3-4-15-5-7-16(8-6-15)9-10-17-11-13-18(19)14-12-17/h2,11-16H,1,3-8H2/t15-,16-. The fourth-order valence-electron chi connectivity index (χ4n) is 2.67. The van der Waals surface area contributed by atoms with Crippen molar-refractivity contribution in [2.45, 2.75) is 38.5 Å². The molecule has 0 heterocycles. The zero-order valence-electron chi connectivity index (χ0n) is 11.4. The molecule has 0 nitrogen and oxygen atoms in total. The second-order valence-corrected chi connectivity index (χ2v) is 5.80. The molecule has 1 saturated carbocycles. The van der Waals surface area contributed by atoms with Crippen LogP contribution in [0.2, 0.25) is 5.02 Å².